The van der Waals surface area contributed by atoms with Crippen LogP contribution >= 0.6 is 0 Å². The predicted molar refractivity (Wildman–Crippen MR) is 145 cm³/mol. The molecule has 0 aliphatic rings. The number of hydrogen-bond donors (Lipinski definition) is 3. The number of carbonyl (C=O) groups is 1. The lowest BCUT2D eigenvalue weighted by Crippen LogP contribution is -2.21. The summed E-state index contributed by atoms with van der Waals surface area (Å²) in [6, 6.07) is 26.1. The van der Waals surface area contributed by atoms with Crippen molar-refractivity contribution >= 4 is 23.2 Å². The molecule has 2 amide bonds. The third-order valence-corrected chi connectivity index (χ3v) is 5.51. The number of rotatable bonds is 8. The van der Waals surface area contributed by atoms with Crippen LogP contribution in [0, 0.1) is 22.7 Å². The molecule has 1 heterocycles. The minimum Gasteiger partial charge on any atom is -0.487 e. The third kappa shape index (κ3) is 7.59. The van der Waals surface area contributed by atoms with Gasteiger partial charge in [0, 0.05) is 5.56 Å². The topological polar surface area (TPSA) is 136 Å². The van der Waals surface area contributed by atoms with Crippen LogP contribution in [-0.2, 0) is 6.18 Å². The minimum atomic E-state index is -4.57. The third-order valence-electron chi connectivity index (χ3n) is 5.51. The number of urea groups is 1. The van der Waals surface area contributed by atoms with Gasteiger partial charge in [-0.3, -0.25) is 5.32 Å². The van der Waals surface area contributed by atoms with Gasteiger partial charge in [-0.1, -0.05) is 48.5 Å². The van der Waals surface area contributed by atoms with Crippen molar-refractivity contribution in [1.82, 2.24) is 10.2 Å². The van der Waals surface area contributed by atoms with E-state index in [2.05, 4.69) is 26.1 Å². The number of alkyl halides is 3. The zero-order valence-electron chi connectivity index (χ0n) is 21.1. The summed E-state index contributed by atoms with van der Waals surface area (Å²) in [5.41, 5.74) is 0.766. The fraction of sp³-hybridized carbons (Fsp3) is 0.0690. The maximum Gasteiger partial charge on any atom is 0.416 e. The predicted octanol–water partition coefficient (Wildman–Crippen LogP) is 6.60. The molecule has 12 heteroatoms. The maximum atomic E-state index is 13.1. The van der Waals surface area contributed by atoms with Crippen molar-refractivity contribution in [2.75, 3.05) is 22.6 Å². The highest BCUT2D eigenvalue weighted by Gasteiger charge is 2.30. The van der Waals surface area contributed by atoms with Crippen molar-refractivity contribution in [3.63, 3.8) is 0 Å². The molecule has 0 atom stereocenters. The lowest BCUT2D eigenvalue weighted by Gasteiger charge is -2.17. The zero-order chi connectivity index (χ0) is 29.2. The molecule has 0 spiro atoms. The second-order valence-electron chi connectivity index (χ2n) is 8.31. The van der Waals surface area contributed by atoms with E-state index in [1.54, 1.807) is 48.5 Å². The summed E-state index contributed by atoms with van der Waals surface area (Å²) in [7, 11) is 0. The average Bonchev–Trinajstić information content (AvgIpc) is 2.98. The number of nitrogens with one attached hydrogen (secondary N) is 3. The standard InChI is InChI=1S/C29H20F3N7O2/c30-29(31,32)21-9-6-10-22(15-21)41-18-26(20(16-33)17-34)35-24-11-4-5-12-25(24)36-28(40)37-27-14-13-23(38-39-27)19-7-2-1-3-8-19/h1-15,35H,18H2,(H2,36,37,39,40). The number of nitriles is 2. The van der Waals surface area contributed by atoms with Crippen molar-refractivity contribution in [3.8, 4) is 29.1 Å². The molecule has 0 unspecified atom stereocenters. The summed E-state index contributed by atoms with van der Waals surface area (Å²) in [5.74, 6) is 0.0819. The number of halogens is 3. The van der Waals surface area contributed by atoms with E-state index >= 15 is 0 Å². The van der Waals surface area contributed by atoms with Gasteiger partial charge in [0.05, 0.1) is 28.3 Å². The fourth-order valence-electron chi connectivity index (χ4n) is 3.54. The first kappa shape index (κ1) is 28.1. The Hall–Kier alpha value is -5.88. The molecule has 0 radical (unpaired) electrons. The molecule has 0 fully saturated rings. The Morgan fingerprint density at radius 1 is 0.805 bits per heavy atom. The number of para-hydroxylation sites is 2. The van der Waals surface area contributed by atoms with Crippen LogP contribution in [0.2, 0.25) is 0 Å². The molecule has 3 aromatic carbocycles. The van der Waals surface area contributed by atoms with E-state index in [0.29, 0.717) is 11.4 Å². The molecule has 1 aromatic heterocycles. The van der Waals surface area contributed by atoms with Crippen LogP contribution in [-0.4, -0.2) is 22.8 Å². The second-order valence-corrected chi connectivity index (χ2v) is 8.31. The van der Waals surface area contributed by atoms with Crippen molar-refractivity contribution in [2.24, 2.45) is 0 Å². The number of anilines is 3. The van der Waals surface area contributed by atoms with E-state index < -0.39 is 24.4 Å². The van der Waals surface area contributed by atoms with Gasteiger partial charge in [-0.05, 0) is 42.5 Å². The normalized spacial score (nSPS) is 10.5. The Bertz CT molecular complexity index is 1630. The van der Waals surface area contributed by atoms with Crippen molar-refractivity contribution < 1.29 is 22.7 Å². The molecule has 3 N–H and O–H groups in total. The molecule has 0 saturated heterocycles. The number of benzene rings is 3. The van der Waals surface area contributed by atoms with Gasteiger partial charge in [-0.15, -0.1) is 10.2 Å². The van der Waals surface area contributed by atoms with Gasteiger partial charge in [-0.2, -0.15) is 23.7 Å². The lowest BCUT2D eigenvalue weighted by molar-refractivity contribution is -0.137. The Morgan fingerprint density at radius 3 is 2.12 bits per heavy atom. The maximum absolute atomic E-state index is 13.1. The van der Waals surface area contributed by atoms with Crippen LogP contribution in [0.1, 0.15) is 5.56 Å². The van der Waals surface area contributed by atoms with Gasteiger partial charge in [0.2, 0.25) is 0 Å². The van der Waals surface area contributed by atoms with Crippen molar-refractivity contribution in [3.05, 3.63) is 108 Å². The van der Waals surface area contributed by atoms with Crippen LogP contribution in [0.4, 0.5) is 35.2 Å². The van der Waals surface area contributed by atoms with Gasteiger partial charge in [-0.25, -0.2) is 4.79 Å². The van der Waals surface area contributed by atoms with E-state index in [1.165, 1.54) is 12.1 Å². The molecule has 9 nitrogen and oxygen atoms in total. The second kappa shape index (κ2) is 12.8. The SMILES string of the molecule is N#CC(C#N)=C(COc1cccc(C(F)(F)F)c1)Nc1ccccc1NC(=O)Nc1ccc(-c2ccccc2)nn1. The molecule has 4 aromatic rings. The Balaban J connectivity index is 1.47. The lowest BCUT2D eigenvalue weighted by atomic mass is 10.1. The highest BCUT2D eigenvalue weighted by molar-refractivity contribution is 6.01. The molecule has 0 bridgehead atoms. The zero-order valence-corrected chi connectivity index (χ0v) is 21.1. The van der Waals surface area contributed by atoms with Gasteiger partial charge in [0.15, 0.2) is 11.4 Å². The molecule has 0 aliphatic heterocycles. The molecular weight excluding hydrogens is 535 g/mol. The molecule has 0 aliphatic carbocycles. The molecule has 4 rings (SSSR count). The summed E-state index contributed by atoms with van der Waals surface area (Å²) in [5, 5.41) is 35.1. The first-order valence-corrected chi connectivity index (χ1v) is 11.9. The van der Waals surface area contributed by atoms with Crippen LogP contribution in [0.25, 0.3) is 11.3 Å². The number of allylic oxidation sites excluding steroid dienone is 1. The monoisotopic (exact) mass is 555 g/mol. The van der Waals surface area contributed by atoms with E-state index in [1.807, 2.05) is 30.3 Å². The average molecular weight is 556 g/mol. The Morgan fingerprint density at radius 2 is 1.49 bits per heavy atom. The largest absolute Gasteiger partial charge is 0.487 e. The summed E-state index contributed by atoms with van der Waals surface area (Å²) in [6.45, 7) is -0.429. The molecule has 41 heavy (non-hydrogen) atoms. The minimum absolute atomic E-state index is 0.0237. The van der Waals surface area contributed by atoms with Crippen LogP contribution < -0.4 is 20.7 Å². The smallest absolute Gasteiger partial charge is 0.416 e. The first-order valence-electron chi connectivity index (χ1n) is 11.9. The summed E-state index contributed by atoms with van der Waals surface area (Å²) in [4.78, 5) is 12.7. The highest BCUT2D eigenvalue weighted by Crippen LogP contribution is 2.31. The number of amides is 2. The van der Waals surface area contributed by atoms with Crippen molar-refractivity contribution in [1.29, 1.82) is 10.5 Å². The number of aromatic nitrogens is 2. The Labute approximate surface area is 232 Å². The number of carbonyl (C=O) groups excluding carboxylic acids is 1. The summed E-state index contributed by atoms with van der Waals surface area (Å²) in [6.07, 6.45) is -4.57. The van der Waals surface area contributed by atoms with Gasteiger partial charge in [0.25, 0.3) is 0 Å². The molecule has 0 saturated carbocycles. The van der Waals surface area contributed by atoms with Crippen LogP contribution in [0.15, 0.2) is 102 Å². The van der Waals surface area contributed by atoms with E-state index in [-0.39, 0.29) is 28.5 Å². The molecular formula is C29H20F3N7O2. The number of ether oxygens (including phenoxy) is 1. The van der Waals surface area contributed by atoms with E-state index in [0.717, 1.165) is 17.7 Å². The number of hydrogen-bond acceptors (Lipinski definition) is 7. The highest BCUT2D eigenvalue weighted by atomic mass is 19.4. The van der Waals surface area contributed by atoms with E-state index in [4.69, 9.17) is 4.74 Å². The van der Waals surface area contributed by atoms with E-state index in [9.17, 15) is 28.5 Å². The van der Waals surface area contributed by atoms with Crippen LogP contribution in [0.5, 0.6) is 5.75 Å². The molecule has 204 valence electrons. The first-order chi connectivity index (χ1) is 19.8. The summed E-state index contributed by atoms with van der Waals surface area (Å²) >= 11 is 0. The van der Waals surface area contributed by atoms with Crippen LogP contribution in [0.3, 0.4) is 0 Å². The van der Waals surface area contributed by atoms with Gasteiger partial charge < -0.3 is 15.4 Å². The van der Waals surface area contributed by atoms with Gasteiger partial charge in [0.1, 0.15) is 24.5 Å². The van der Waals surface area contributed by atoms with Crippen molar-refractivity contribution in [2.45, 2.75) is 6.18 Å². The Kier molecular flexibility index (Phi) is 8.77. The fourth-order valence-corrected chi connectivity index (χ4v) is 3.54. The quantitative estimate of drug-likeness (QED) is 0.209. The number of nitrogens with zero attached hydrogens (tertiary/aromatic N) is 4. The van der Waals surface area contributed by atoms with Gasteiger partial charge >= 0.3 is 12.2 Å². The summed E-state index contributed by atoms with van der Waals surface area (Å²) < 4.78 is 44.6.